The second-order valence-corrected chi connectivity index (χ2v) is 4.03. The van der Waals surface area contributed by atoms with Crippen LogP contribution in [0.25, 0.3) is 0 Å². The van der Waals surface area contributed by atoms with Gasteiger partial charge in [-0.3, -0.25) is 4.79 Å². The summed E-state index contributed by atoms with van der Waals surface area (Å²) >= 11 is 0. The first-order valence-corrected chi connectivity index (χ1v) is 5.65. The van der Waals surface area contributed by atoms with Crippen molar-refractivity contribution in [3.63, 3.8) is 0 Å². The Kier molecular flexibility index (Phi) is 4.49. The molecule has 0 aliphatic heterocycles. The summed E-state index contributed by atoms with van der Waals surface area (Å²) in [5.41, 5.74) is 5.64. The minimum atomic E-state index is -0.194. The van der Waals surface area contributed by atoms with E-state index in [1.165, 1.54) is 6.20 Å². The van der Waals surface area contributed by atoms with Crippen LogP contribution in [0.5, 0.6) is 0 Å². The number of aromatic nitrogens is 2. The number of rotatable bonds is 6. The van der Waals surface area contributed by atoms with Gasteiger partial charge in [0.05, 0.1) is 0 Å². The lowest BCUT2D eigenvalue weighted by Gasteiger charge is -2.30. The molecule has 4 N–H and O–H groups in total. The van der Waals surface area contributed by atoms with Gasteiger partial charge in [0.25, 0.3) is 5.56 Å². The highest BCUT2D eigenvalue weighted by Crippen LogP contribution is 2.24. The standard InChI is InChI=1S/C11H20N4O/c1-3-11(4-2,7-12)8-15-9-10(16)14-6-5-13-9/h5-6H,3-4,7-8,12H2,1-2H3,(H,13,15)(H,14,16). The number of hydrogen-bond acceptors (Lipinski definition) is 4. The Balaban J connectivity index is 2.70. The van der Waals surface area contributed by atoms with Gasteiger partial charge in [0, 0.05) is 18.9 Å². The number of aromatic amines is 1. The van der Waals surface area contributed by atoms with Gasteiger partial charge in [-0.2, -0.15) is 0 Å². The van der Waals surface area contributed by atoms with Crippen LogP contribution in [-0.2, 0) is 0 Å². The van der Waals surface area contributed by atoms with Gasteiger partial charge in [0.1, 0.15) is 0 Å². The summed E-state index contributed by atoms with van der Waals surface area (Å²) in [6, 6.07) is 0. The van der Waals surface area contributed by atoms with Gasteiger partial charge in [-0.25, -0.2) is 4.98 Å². The molecule has 0 spiro atoms. The normalized spacial score (nSPS) is 11.4. The first-order chi connectivity index (χ1) is 7.67. The predicted molar refractivity (Wildman–Crippen MR) is 65.4 cm³/mol. The highest BCUT2D eigenvalue weighted by atomic mass is 16.1. The molecule has 0 fully saturated rings. The fraction of sp³-hybridized carbons (Fsp3) is 0.636. The lowest BCUT2D eigenvalue weighted by molar-refractivity contribution is 0.294. The smallest absolute Gasteiger partial charge is 0.290 e. The van der Waals surface area contributed by atoms with Crippen molar-refractivity contribution in [2.24, 2.45) is 11.1 Å². The Morgan fingerprint density at radius 1 is 1.50 bits per heavy atom. The monoisotopic (exact) mass is 224 g/mol. The second kappa shape index (κ2) is 5.65. The van der Waals surface area contributed by atoms with Gasteiger partial charge in [0.15, 0.2) is 5.82 Å². The highest BCUT2D eigenvalue weighted by molar-refractivity contribution is 5.30. The summed E-state index contributed by atoms with van der Waals surface area (Å²) in [5.74, 6) is 0.363. The Morgan fingerprint density at radius 2 is 2.19 bits per heavy atom. The molecule has 0 saturated heterocycles. The zero-order valence-electron chi connectivity index (χ0n) is 9.92. The lowest BCUT2D eigenvalue weighted by atomic mass is 9.82. The van der Waals surface area contributed by atoms with E-state index in [2.05, 4.69) is 29.1 Å². The Morgan fingerprint density at radius 3 is 2.69 bits per heavy atom. The average Bonchev–Trinajstić information content (AvgIpc) is 2.34. The minimum absolute atomic E-state index is 0.0456. The van der Waals surface area contributed by atoms with Gasteiger partial charge < -0.3 is 16.0 Å². The van der Waals surface area contributed by atoms with Crippen molar-refractivity contribution in [1.82, 2.24) is 9.97 Å². The molecule has 0 bridgehead atoms. The number of nitrogens with zero attached hydrogens (tertiary/aromatic N) is 1. The van der Waals surface area contributed by atoms with Crippen LogP contribution in [0, 0.1) is 5.41 Å². The first-order valence-electron chi connectivity index (χ1n) is 5.65. The maximum absolute atomic E-state index is 11.4. The minimum Gasteiger partial charge on any atom is -0.365 e. The van der Waals surface area contributed by atoms with E-state index in [1.54, 1.807) is 6.20 Å². The van der Waals surface area contributed by atoms with Crippen LogP contribution in [0.2, 0.25) is 0 Å². The lowest BCUT2D eigenvalue weighted by Crippen LogP contribution is -2.37. The van der Waals surface area contributed by atoms with Crippen LogP contribution in [0.3, 0.4) is 0 Å². The van der Waals surface area contributed by atoms with Crippen LogP contribution in [0.4, 0.5) is 5.82 Å². The maximum Gasteiger partial charge on any atom is 0.290 e. The molecule has 1 heterocycles. The molecule has 1 rings (SSSR count). The van der Waals surface area contributed by atoms with Gasteiger partial charge in [-0.05, 0) is 24.8 Å². The van der Waals surface area contributed by atoms with E-state index in [0.717, 1.165) is 12.8 Å². The maximum atomic E-state index is 11.4. The molecule has 0 radical (unpaired) electrons. The number of H-pyrrole nitrogens is 1. The Hall–Kier alpha value is -1.36. The molecular formula is C11H20N4O. The molecule has 5 nitrogen and oxygen atoms in total. The average molecular weight is 224 g/mol. The largest absolute Gasteiger partial charge is 0.365 e. The SMILES string of the molecule is CCC(CC)(CN)CNc1ncc[nH]c1=O. The zero-order chi connectivity index (χ0) is 12.0. The third-order valence-electron chi connectivity index (χ3n) is 3.27. The molecule has 0 amide bonds. The molecule has 0 unspecified atom stereocenters. The molecule has 0 aliphatic rings. The van der Waals surface area contributed by atoms with E-state index in [9.17, 15) is 4.79 Å². The van der Waals surface area contributed by atoms with Gasteiger partial charge in [-0.1, -0.05) is 13.8 Å². The van der Waals surface area contributed by atoms with E-state index >= 15 is 0 Å². The van der Waals surface area contributed by atoms with E-state index < -0.39 is 0 Å². The third-order valence-corrected chi connectivity index (χ3v) is 3.27. The van der Waals surface area contributed by atoms with Crippen molar-refractivity contribution in [2.45, 2.75) is 26.7 Å². The van der Waals surface area contributed by atoms with Gasteiger partial charge >= 0.3 is 0 Å². The van der Waals surface area contributed by atoms with Crippen molar-refractivity contribution in [2.75, 3.05) is 18.4 Å². The molecule has 5 heteroatoms. The van der Waals surface area contributed by atoms with E-state index in [1.807, 2.05) is 0 Å². The van der Waals surface area contributed by atoms with Crippen molar-refractivity contribution < 1.29 is 0 Å². The summed E-state index contributed by atoms with van der Waals surface area (Å²) in [4.78, 5) is 18.0. The summed E-state index contributed by atoms with van der Waals surface area (Å²) < 4.78 is 0. The molecule has 16 heavy (non-hydrogen) atoms. The fourth-order valence-electron chi connectivity index (χ4n) is 1.61. The number of anilines is 1. The highest BCUT2D eigenvalue weighted by Gasteiger charge is 2.24. The Labute approximate surface area is 95.5 Å². The van der Waals surface area contributed by atoms with Gasteiger partial charge in [0.2, 0.25) is 0 Å². The van der Waals surface area contributed by atoms with E-state index in [0.29, 0.717) is 18.9 Å². The van der Waals surface area contributed by atoms with Crippen molar-refractivity contribution in [3.8, 4) is 0 Å². The molecule has 0 aromatic carbocycles. The summed E-state index contributed by atoms with van der Waals surface area (Å²) in [6.45, 7) is 5.51. The molecule has 90 valence electrons. The third kappa shape index (κ3) is 2.82. The zero-order valence-corrected chi connectivity index (χ0v) is 9.92. The topological polar surface area (TPSA) is 83.8 Å². The molecular weight excluding hydrogens is 204 g/mol. The molecule has 1 aromatic heterocycles. The summed E-state index contributed by atoms with van der Waals surface area (Å²) in [5, 5.41) is 3.07. The predicted octanol–water partition coefficient (Wildman–Crippen LogP) is 0.947. The van der Waals surface area contributed by atoms with Crippen LogP contribution in [0.1, 0.15) is 26.7 Å². The van der Waals surface area contributed by atoms with E-state index in [4.69, 9.17) is 5.73 Å². The molecule has 0 atom stereocenters. The van der Waals surface area contributed by atoms with Crippen molar-refractivity contribution >= 4 is 5.82 Å². The van der Waals surface area contributed by atoms with Crippen molar-refractivity contribution in [3.05, 3.63) is 22.7 Å². The number of hydrogen-bond donors (Lipinski definition) is 3. The number of nitrogens with one attached hydrogen (secondary N) is 2. The van der Waals surface area contributed by atoms with Crippen LogP contribution < -0.4 is 16.6 Å². The first kappa shape index (κ1) is 12.7. The van der Waals surface area contributed by atoms with Crippen LogP contribution >= 0.6 is 0 Å². The van der Waals surface area contributed by atoms with Crippen molar-refractivity contribution in [1.29, 1.82) is 0 Å². The quantitative estimate of drug-likeness (QED) is 0.671. The second-order valence-electron chi connectivity index (χ2n) is 4.03. The summed E-state index contributed by atoms with van der Waals surface area (Å²) in [7, 11) is 0. The van der Waals surface area contributed by atoms with Gasteiger partial charge in [-0.15, -0.1) is 0 Å². The molecule has 0 aliphatic carbocycles. The van der Waals surface area contributed by atoms with E-state index in [-0.39, 0.29) is 11.0 Å². The molecule has 1 aromatic rings. The van der Waals surface area contributed by atoms with Crippen LogP contribution in [-0.4, -0.2) is 23.1 Å². The fourth-order valence-corrected chi connectivity index (χ4v) is 1.61. The molecule has 0 saturated carbocycles. The Bertz CT molecular complexity index is 362. The van der Waals surface area contributed by atoms with Crippen LogP contribution in [0.15, 0.2) is 17.2 Å². The summed E-state index contributed by atoms with van der Waals surface area (Å²) in [6.07, 6.45) is 5.05. The number of nitrogens with two attached hydrogens (primary N) is 1.